The van der Waals surface area contributed by atoms with Crippen molar-refractivity contribution in [3.05, 3.63) is 0 Å². The van der Waals surface area contributed by atoms with Gasteiger partial charge in [-0.05, 0) is 25.7 Å². The number of alkyl halides is 1. The molecule has 0 N–H and O–H groups in total. The zero-order valence-electron chi connectivity index (χ0n) is 14.2. The number of hydrogen-bond acceptors (Lipinski definition) is 2. The highest BCUT2D eigenvalue weighted by atomic mass is 35.5. The number of rotatable bonds is 15. The van der Waals surface area contributed by atoms with E-state index in [2.05, 4.69) is 6.92 Å². The maximum Gasteiger partial charge on any atom is 0.302 e. The van der Waals surface area contributed by atoms with Gasteiger partial charge in [-0.15, -0.1) is 11.6 Å². The zero-order chi connectivity index (χ0) is 15.8. The van der Waals surface area contributed by atoms with Crippen molar-refractivity contribution in [1.82, 2.24) is 0 Å². The van der Waals surface area contributed by atoms with Gasteiger partial charge in [-0.1, -0.05) is 64.7 Å². The van der Waals surface area contributed by atoms with E-state index >= 15 is 0 Å². The fraction of sp³-hybridized carbons (Fsp3) is 0.944. The van der Waals surface area contributed by atoms with Gasteiger partial charge in [-0.25, -0.2) is 0 Å². The summed E-state index contributed by atoms with van der Waals surface area (Å²) in [6, 6.07) is 0. The Morgan fingerprint density at radius 3 is 1.86 bits per heavy atom. The topological polar surface area (TPSA) is 26.3 Å². The van der Waals surface area contributed by atoms with Crippen LogP contribution in [0.2, 0.25) is 0 Å². The van der Waals surface area contributed by atoms with Gasteiger partial charge in [0.15, 0.2) is 0 Å². The lowest BCUT2D eigenvalue weighted by molar-refractivity contribution is -0.141. The lowest BCUT2D eigenvalue weighted by Gasteiger charge is -2.09. The fourth-order valence-corrected chi connectivity index (χ4v) is 2.81. The van der Waals surface area contributed by atoms with Crippen LogP contribution in [0.1, 0.15) is 97.3 Å². The molecule has 126 valence electrons. The Hall–Kier alpha value is -0.240. The highest BCUT2D eigenvalue weighted by Gasteiger charge is 2.04. The van der Waals surface area contributed by atoms with Crippen LogP contribution in [-0.2, 0) is 9.53 Å². The van der Waals surface area contributed by atoms with Crippen LogP contribution in [-0.4, -0.2) is 18.0 Å². The maximum atomic E-state index is 10.6. The smallest absolute Gasteiger partial charge is 0.302 e. The molecule has 0 aromatic carbocycles. The molecule has 0 aromatic heterocycles. The van der Waals surface area contributed by atoms with Gasteiger partial charge in [0, 0.05) is 12.3 Å². The molecule has 0 fully saturated rings. The minimum Gasteiger partial charge on any atom is -0.466 e. The molecule has 1 atom stereocenters. The average molecular weight is 319 g/mol. The first-order valence-electron chi connectivity index (χ1n) is 8.94. The monoisotopic (exact) mass is 318 g/mol. The van der Waals surface area contributed by atoms with Crippen LogP contribution in [0, 0.1) is 0 Å². The standard InChI is InChI=1S/C18H35ClO2/c1-3-4-5-6-7-8-9-10-11-14-18(19)15-12-13-16-21-17(2)20/h18H,3-16H2,1-2H3. The summed E-state index contributed by atoms with van der Waals surface area (Å²) >= 11 is 6.31. The Morgan fingerprint density at radius 1 is 0.857 bits per heavy atom. The molecule has 0 aliphatic heterocycles. The third-order valence-electron chi connectivity index (χ3n) is 3.84. The second kappa shape index (κ2) is 16.1. The number of hydrogen-bond donors (Lipinski definition) is 0. The summed E-state index contributed by atoms with van der Waals surface area (Å²) in [6.45, 7) is 4.25. The van der Waals surface area contributed by atoms with Gasteiger partial charge in [0.05, 0.1) is 6.61 Å². The van der Waals surface area contributed by atoms with E-state index < -0.39 is 0 Å². The molecule has 0 radical (unpaired) electrons. The van der Waals surface area contributed by atoms with Crippen LogP contribution in [0.25, 0.3) is 0 Å². The van der Waals surface area contributed by atoms with E-state index in [0.717, 1.165) is 25.7 Å². The van der Waals surface area contributed by atoms with Crippen LogP contribution >= 0.6 is 11.6 Å². The first-order chi connectivity index (χ1) is 10.2. The Balaban J connectivity index is 3.15. The number of carbonyl (C=O) groups is 1. The minimum atomic E-state index is -0.188. The zero-order valence-corrected chi connectivity index (χ0v) is 14.9. The van der Waals surface area contributed by atoms with Gasteiger partial charge in [-0.2, -0.15) is 0 Å². The summed E-state index contributed by atoms with van der Waals surface area (Å²) in [7, 11) is 0. The normalized spacial score (nSPS) is 12.3. The second-order valence-corrected chi connectivity index (χ2v) is 6.67. The second-order valence-electron chi connectivity index (χ2n) is 6.05. The highest BCUT2D eigenvalue weighted by Crippen LogP contribution is 2.17. The van der Waals surface area contributed by atoms with Crippen molar-refractivity contribution in [1.29, 1.82) is 0 Å². The molecule has 0 aromatic rings. The first kappa shape index (κ1) is 20.8. The molecule has 3 heteroatoms. The van der Waals surface area contributed by atoms with Gasteiger partial charge in [0.25, 0.3) is 0 Å². The summed E-state index contributed by atoms with van der Waals surface area (Å²) in [5, 5.41) is 0.298. The number of halogens is 1. The van der Waals surface area contributed by atoms with Gasteiger partial charge in [0.1, 0.15) is 0 Å². The van der Waals surface area contributed by atoms with Gasteiger partial charge >= 0.3 is 5.97 Å². The third-order valence-corrected chi connectivity index (χ3v) is 4.27. The molecule has 0 saturated carbocycles. The molecule has 0 aliphatic rings. The van der Waals surface area contributed by atoms with Gasteiger partial charge < -0.3 is 4.74 Å². The van der Waals surface area contributed by atoms with Crippen LogP contribution in [0.15, 0.2) is 0 Å². The molecule has 1 unspecified atom stereocenters. The van der Waals surface area contributed by atoms with Crippen LogP contribution in [0.4, 0.5) is 0 Å². The summed E-state index contributed by atoms with van der Waals surface area (Å²) in [6.07, 6.45) is 16.4. The number of unbranched alkanes of at least 4 members (excludes halogenated alkanes) is 9. The largest absolute Gasteiger partial charge is 0.466 e. The molecule has 0 amide bonds. The summed E-state index contributed by atoms with van der Waals surface area (Å²) < 4.78 is 4.90. The van der Waals surface area contributed by atoms with E-state index in [0.29, 0.717) is 12.0 Å². The average Bonchev–Trinajstić information content (AvgIpc) is 2.45. The lowest BCUT2D eigenvalue weighted by Crippen LogP contribution is -2.03. The summed E-state index contributed by atoms with van der Waals surface area (Å²) in [5.74, 6) is -0.188. The minimum absolute atomic E-state index is 0.188. The van der Waals surface area contributed by atoms with Gasteiger partial charge in [0.2, 0.25) is 0 Å². The highest BCUT2D eigenvalue weighted by molar-refractivity contribution is 6.20. The van der Waals surface area contributed by atoms with Gasteiger partial charge in [-0.3, -0.25) is 4.79 Å². The van der Waals surface area contributed by atoms with Crippen LogP contribution in [0.5, 0.6) is 0 Å². The van der Waals surface area contributed by atoms with Crippen molar-refractivity contribution in [3.8, 4) is 0 Å². The van der Waals surface area contributed by atoms with E-state index in [1.165, 1.54) is 64.7 Å². The SMILES string of the molecule is CCCCCCCCCCCC(Cl)CCCCOC(C)=O. The Kier molecular flexibility index (Phi) is 16.0. The van der Waals surface area contributed by atoms with Crippen molar-refractivity contribution < 1.29 is 9.53 Å². The van der Waals surface area contributed by atoms with E-state index in [-0.39, 0.29) is 5.97 Å². The number of carbonyl (C=O) groups excluding carboxylic acids is 1. The Morgan fingerprint density at radius 2 is 1.33 bits per heavy atom. The molecule has 0 saturated heterocycles. The molecular weight excluding hydrogens is 284 g/mol. The van der Waals surface area contributed by atoms with E-state index in [1.54, 1.807) is 0 Å². The molecule has 0 rings (SSSR count). The summed E-state index contributed by atoms with van der Waals surface area (Å²) in [4.78, 5) is 10.6. The summed E-state index contributed by atoms with van der Waals surface area (Å²) in [5.41, 5.74) is 0. The predicted octanol–water partition coefficient (Wildman–Crippen LogP) is 6.25. The van der Waals surface area contributed by atoms with Crippen molar-refractivity contribution in [2.75, 3.05) is 6.61 Å². The predicted molar refractivity (Wildman–Crippen MR) is 92.0 cm³/mol. The van der Waals surface area contributed by atoms with Crippen molar-refractivity contribution >= 4 is 17.6 Å². The number of esters is 1. The molecule has 21 heavy (non-hydrogen) atoms. The first-order valence-corrected chi connectivity index (χ1v) is 9.38. The number of ether oxygens (including phenoxy) is 1. The van der Waals surface area contributed by atoms with E-state index in [4.69, 9.17) is 16.3 Å². The Bertz CT molecular complexity index is 231. The van der Waals surface area contributed by atoms with E-state index in [1.807, 2.05) is 0 Å². The lowest BCUT2D eigenvalue weighted by atomic mass is 10.0. The van der Waals surface area contributed by atoms with Crippen LogP contribution in [0.3, 0.4) is 0 Å². The van der Waals surface area contributed by atoms with Crippen LogP contribution < -0.4 is 0 Å². The third kappa shape index (κ3) is 17.7. The van der Waals surface area contributed by atoms with Crippen molar-refractivity contribution in [2.24, 2.45) is 0 Å². The molecule has 0 bridgehead atoms. The quantitative estimate of drug-likeness (QED) is 0.203. The Labute approximate surface area is 137 Å². The molecule has 0 aliphatic carbocycles. The van der Waals surface area contributed by atoms with E-state index in [9.17, 15) is 4.79 Å². The van der Waals surface area contributed by atoms with Crippen molar-refractivity contribution in [3.63, 3.8) is 0 Å². The fourth-order valence-electron chi connectivity index (χ4n) is 2.50. The molecule has 2 nitrogen and oxygen atoms in total. The molecule has 0 spiro atoms. The maximum absolute atomic E-state index is 10.6. The molecular formula is C18H35ClO2. The molecule has 0 heterocycles. The van der Waals surface area contributed by atoms with Crippen molar-refractivity contribution in [2.45, 2.75) is 103 Å².